The molecule has 2 heterocycles. The molecule has 42 heavy (non-hydrogen) atoms. The van der Waals surface area contributed by atoms with Gasteiger partial charge in [0.15, 0.2) is 0 Å². The zero-order valence-electron chi connectivity index (χ0n) is 25.1. The number of hydrogen-bond donors (Lipinski definition) is 0. The number of aryl methyl sites for hydroxylation is 4. The highest BCUT2D eigenvalue weighted by molar-refractivity contribution is 5.65. The van der Waals surface area contributed by atoms with Crippen molar-refractivity contribution in [1.82, 2.24) is 19.1 Å². The van der Waals surface area contributed by atoms with Crippen molar-refractivity contribution in [2.75, 3.05) is 0 Å². The van der Waals surface area contributed by atoms with Crippen molar-refractivity contribution in [3.63, 3.8) is 0 Å². The number of benzene rings is 4. The molecule has 0 N–H and O–H groups in total. The van der Waals surface area contributed by atoms with E-state index in [0.29, 0.717) is 5.92 Å². The maximum atomic E-state index is 6.39. The third kappa shape index (κ3) is 5.26. The summed E-state index contributed by atoms with van der Waals surface area (Å²) in [6.45, 7) is 12.9. The van der Waals surface area contributed by atoms with Gasteiger partial charge in [0.1, 0.15) is 23.1 Å². The van der Waals surface area contributed by atoms with Gasteiger partial charge in [0, 0.05) is 29.7 Å². The minimum atomic E-state index is 0.418. The van der Waals surface area contributed by atoms with Crippen LogP contribution < -0.4 is 4.74 Å². The van der Waals surface area contributed by atoms with Gasteiger partial charge in [-0.2, -0.15) is 0 Å². The lowest BCUT2D eigenvalue weighted by Gasteiger charge is -2.15. The summed E-state index contributed by atoms with van der Waals surface area (Å²) in [6, 6.07) is 29.2. The highest BCUT2D eigenvalue weighted by Crippen LogP contribution is 2.33. The Labute approximate surface area is 248 Å². The summed E-state index contributed by atoms with van der Waals surface area (Å²) in [7, 11) is 0. The summed E-state index contributed by atoms with van der Waals surface area (Å²) in [4.78, 5) is 9.63. The maximum absolute atomic E-state index is 6.39. The molecule has 0 aliphatic rings. The van der Waals surface area contributed by atoms with E-state index < -0.39 is 0 Å². The molecule has 0 fully saturated rings. The van der Waals surface area contributed by atoms with Gasteiger partial charge in [-0.05, 0) is 80.6 Å². The van der Waals surface area contributed by atoms with Crippen molar-refractivity contribution >= 4 is 0 Å². The summed E-state index contributed by atoms with van der Waals surface area (Å²) in [5.74, 6) is 3.76. The van der Waals surface area contributed by atoms with E-state index in [-0.39, 0.29) is 0 Å². The molecule has 4 aromatic carbocycles. The fraction of sp³-hybridized carbons (Fsp3) is 0.189. The molecular weight excluding hydrogens is 516 g/mol. The van der Waals surface area contributed by atoms with E-state index in [2.05, 4.69) is 105 Å². The monoisotopic (exact) mass is 552 g/mol. The van der Waals surface area contributed by atoms with Crippen molar-refractivity contribution in [3.8, 4) is 45.5 Å². The zero-order valence-corrected chi connectivity index (χ0v) is 25.1. The molecule has 0 saturated carbocycles. The van der Waals surface area contributed by atoms with Crippen LogP contribution in [0.3, 0.4) is 0 Å². The predicted octanol–water partition coefficient (Wildman–Crippen LogP) is 9.54. The third-order valence-corrected chi connectivity index (χ3v) is 7.68. The Hall–Kier alpha value is -4.90. The largest absolute Gasteiger partial charge is 0.457 e. The van der Waals surface area contributed by atoms with Crippen LogP contribution in [0, 0.1) is 27.7 Å². The molecule has 210 valence electrons. The van der Waals surface area contributed by atoms with Crippen molar-refractivity contribution < 1.29 is 4.74 Å². The smallest absolute Gasteiger partial charge is 0.144 e. The van der Waals surface area contributed by atoms with Gasteiger partial charge >= 0.3 is 0 Å². The molecule has 6 aromatic rings. The molecule has 6 rings (SSSR count). The average molecular weight is 553 g/mol. The molecule has 5 nitrogen and oxygen atoms in total. The van der Waals surface area contributed by atoms with E-state index in [1.54, 1.807) is 0 Å². The normalized spacial score (nSPS) is 11.3. The third-order valence-electron chi connectivity index (χ3n) is 7.68. The van der Waals surface area contributed by atoms with Gasteiger partial charge in [-0.25, -0.2) is 9.97 Å². The summed E-state index contributed by atoms with van der Waals surface area (Å²) < 4.78 is 10.7. The summed E-state index contributed by atoms with van der Waals surface area (Å²) in [5.41, 5.74) is 10.3. The highest BCUT2D eigenvalue weighted by Gasteiger charge is 2.15. The summed E-state index contributed by atoms with van der Waals surface area (Å²) >= 11 is 0. The molecule has 0 amide bonds. The van der Waals surface area contributed by atoms with Gasteiger partial charge in [0.05, 0.1) is 17.1 Å². The minimum Gasteiger partial charge on any atom is -0.457 e. The van der Waals surface area contributed by atoms with Crippen LogP contribution in [0.1, 0.15) is 47.8 Å². The number of rotatable bonds is 7. The lowest BCUT2D eigenvalue weighted by molar-refractivity contribution is 0.483. The van der Waals surface area contributed by atoms with Crippen LogP contribution in [0.5, 0.6) is 11.5 Å². The van der Waals surface area contributed by atoms with Crippen LogP contribution in [0.4, 0.5) is 0 Å². The first kappa shape index (κ1) is 27.3. The number of para-hydroxylation sites is 1. The van der Waals surface area contributed by atoms with Crippen LogP contribution in [-0.2, 0) is 0 Å². The Morgan fingerprint density at radius 2 is 1.38 bits per heavy atom. The molecular formula is C37H36N4O. The lowest BCUT2D eigenvalue weighted by Crippen LogP contribution is -2.02. The SMILES string of the molecule is Cc1cc(C)c(-n2ccnc2-c2cccc(Oc3cccc(-c4cn(-c5ccccc5C(C)C)c(C)n4)c3)c2)c(C)c1. The molecule has 0 aliphatic carbocycles. The second kappa shape index (κ2) is 11.2. The van der Waals surface area contributed by atoms with E-state index in [9.17, 15) is 0 Å². The standard InChI is InChI=1S/C37H36N4O/c1-24(2)33-15-7-8-16-35(33)41-23-34(39-28(41)6)29-11-9-13-31(21-29)42-32-14-10-12-30(22-32)37-38-17-18-40(37)36-26(4)19-25(3)20-27(36)5/h7-24H,1-6H3. The molecule has 0 saturated heterocycles. The summed E-state index contributed by atoms with van der Waals surface area (Å²) in [5, 5.41) is 0. The Morgan fingerprint density at radius 3 is 2.10 bits per heavy atom. The van der Waals surface area contributed by atoms with Gasteiger partial charge in [0.25, 0.3) is 0 Å². The van der Waals surface area contributed by atoms with Crippen molar-refractivity contribution in [1.29, 1.82) is 0 Å². The number of hydrogen-bond acceptors (Lipinski definition) is 3. The Morgan fingerprint density at radius 1 is 0.714 bits per heavy atom. The van der Waals surface area contributed by atoms with Gasteiger partial charge in [-0.3, -0.25) is 4.57 Å². The van der Waals surface area contributed by atoms with Crippen LogP contribution in [-0.4, -0.2) is 19.1 Å². The molecule has 0 atom stereocenters. The molecule has 0 aliphatic heterocycles. The first-order chi connectivity index (χ1) is 20.3. The minimum absolute atomic E-state index is 0.418. The van der Waals surface area contributed by atoms with Gasteiger partial charge in [-0.15, -0.1) is 0 Å². The number of imidazole rings is 2. The van der Waals surface area contributed by atoms with Crippen LogP contribution in [0.25, 0.3) is 34.0 Å². The fourth-order valence-electron chi connectivity index (χ4n) is 5.85. The fourth-order valence-corrected chi connectivity index (χ4v) is 5.85. The lowest BCUT2D eigenvalue weighted by atomic mass is 10.0. The average Bonchev–Trinajstić information content (AvgIpc) is 3.60. The van der Waals surface area contributed by atoms with Crippen LogP contribution in [0.15, 0.2) is 104 Å². The Bertz CT molecular complexity index is 1870. The zero-order chi connectivity index (χ0) is 29.4. The number of ether oxygens (including phenoxy) is 1. The van der Waals surface area contributed by atoms with Gasteiger partial charge in [0.2, 0.25) is 0 Å². The Kier molecular flexibility index (Phi) is 7.26. The van der Waals surface area contributed by atoms with Crippen molar-refractivity contribution in [2.24, 2.45) is 0 Å². The van der Waals surface area contributed by atoms with Gasteiger partial charge < -0.3 is 9.30 Å². The van der Waals surface area contributed by atoms with Gasteiger partial charge in [-0.1, -0.05) is 74.0 Å². The molecule has 0 unspecified atom stereocenters. The number of nitrogens with zero attached hydrogens (tertiary/aromatic N) is 4. The maximum Gasteiger partial charge on any atom is 0.144 e. The molecule has 0 bridgehead atoms. The molecule has 0 spiro atoms. The summed E-state index contributed by atoms with van der Waals surface area (Å²) in [6.07, 6.45) is 5.99. The first-order valence-electron chi connectivity index (χ1n) is 14.4. The van der Waals surface area contributed by atoms with E-state index in [1.807, 2.05) is 48.8 Å². The van der Waals surface area contributed by atoms with Crippen molar-refractivity contribution in [3.05, 3.63) is 132 Å². The quantitative estimate of drug-likeness (QED) is 0.198. The molecule has 2 aromatic heterocycles. The van der Waals surface area contributed by atoms with E-state index in [1.165, 1.54) is 27.9 Å². The van der Waals surface area contributed by atoms with Crippen LogP contribution in [0.2, 0.25) is 0 Å². The molecule has 5 heteroatoms. The predicted molar refractivity (Wildman–Crippen MR) is 171 cm³/mol. The molecule has 0 radical (unpaired) electrons. The Balaban J connectivity index is 1.29. The second-order valence-electron chi connectivity index (χ2n) is 11.3. The van der Waals surface area contributed by atoms with E-state index in [0.717, 1.165) is 45.7 Å². The van der Waals surface area contributed by atoms with E-state index in [4.69, 9.17) is 14.7 Å². The topological polar surface area (TPSA) is 44.9 Å². The first-order valence-corrected chi connectivity index (χ1v) is 14.4. The van der Waals surface area contributed by atoms with Crippen molar-refractivity contribution in [2.45, 2.75) is 47.5 Å². The second-order valence-corrected chi connectivity index (χ2v) is 11.3. The van der Waals surface area contributed by atoms with Crippen LogP contribution >= 0.6 is 0 Å². The highest BCUT2D eigenvalue weighted by atomic mass is 16.5. The van der Waals surface area contributed by atoms with E-state index >= 15 is 0 Å². The number of aromatic nitrogens is 4.